The van der Waals surface area contributed by atoms with Gasteiger partial charge in [-0.15, -0.1) is 0 Å². The smallest absolute Gasteiger partial charge is 0.169 e. The standard InChI is InChI=1S/C16H18BrNO/c1-2-18-16(14-8-9-15(17)19-14)13-10-12(13)11-6-4-3-5-7-11/h3-9,12-13,16,18H,2,10H2,1H3. The summed E-state index contributed by atoms with van der Waals surface area (Å²) in [6.07, 6.45) is 1.24. The highest BCUT2D eigenvalue weighted by molar-refractivity contribution is 9.10. The molecule has 0 amide bonds. The molecule has 1 aromatic carbocycles. The lowest BCUT2D eigenvalue weighted by Gasteiger charge is -2.15. The minimum atomic E-state index is 0.321. The first kappa shape index (κ1) is 12.9. The first-order valence-electron chi connectivity index (χ1n) is 6.83. The van der Waals surface area contributed by atoms with Crippen LogP contribution >= 0.6 is 15.9 Å². The predicted molar refractivity (Wildman–Crippen MR) is 80.1 cm³/mol. The van der Waals surface area contributed by atoms with Crippen molar-refractivity contribution >= 4 is 15.9 Å². The number of benzene rings is 1. The molecular formula is C16H18BrNO. The van der Waals surface area contributed by atoms with Crippen LogP contribution in [0.2, 0.25) is 0 Å². The van der Waals surface area contributed by atoms with Crippen LogP contribution in [0.15, 0.2) is 51.6 Å². The van der Waals surface area contributed by atoms with E-state index in [1.165, 1.54) is 12.0 Å². The van der Waals surface area contributed by atoms with Gasteiger partial charge in [0.2, 0.25) is 0 Å². The largest absolute Gasteiger partial charge is 0.453 e. The lowest BCUT2D eigenvalue weighted by molar-refractivity contribution is 0.376. The molecule has 1 aliphatic carbocycles. The monoisotopic (exact) mass is 319 g/mol. The van der Waals surface area contributed by atoms with E-state index in [-0.39, 0.29) is 0 Å². The van der Waals surface area contributed by atoms with E-state index in [9.17, 15) is 0 Å². The highest BCUT2D eigenvalue weighted by Gasteiger charge is 2.45. The third kappa shape index (κ3) is 2.77. The van der Waals surface area contributed by atoms with Crippen molar-refractivity contribution in [3.05, 3.63) is 58.5 Å². The van der Waals surface area contributed by atoms with E-state index in [4.69, 9.17) is 4.42 Å². The van der Waals surface area contributed by atoms with Crippen molar-refractivity contribution in [2.45, 2.75) is 25.3 Å². The average Bonchev–Trinajstić information content (AvgIpc) is 3.12. The minimum Gasteiger partial charge on any atom is -0.453 e. The molecule has 1 N–H and O–H groups in total. The van der Waals surface area contributed by atoms with Gasteiger partial charge in [0.15, 0.2) is 4.67 Å². The summed E-state index contributed by atoms with van der Waals surface area (Å²) in [6, 6.07) is 15.1. The molecule has 1 fully saturated rings. The van der Waals surface area contributed by atoms with E-state index in [0.717, 1.165) is 17.0 Å². The second-order valence-electron chi connectivity index (χ2n) is 5.09. The van der Waals surface area contributed by atoms with Gasteiger partial charge in [-0.2, -0.15) is 0 Å². The van der Waals surface area contributed by atoms with Crippen LogP contribution < -0.4 is 5.32 Å². The second-order valence-corrected chi connectivity index (χ2v) is 5.88. The Balaban J connectivity index is 1.76. The van der Waals surface area contributed by atoms with Crippen LogP contribution in [0.25, 0.3) is 0 Å². The van der Waals surface area contributed by atoms with Crippen molar-refractivity contribution in [1.29, 1.82) is 0 Å². The summed E-state index contributed by atoms with van der Waals surface area (Å²) < 4.78 is 6.55. The molecule has 0 bridgehead atoms. The summed E-state index contributed by atoms with van der Waals surface area (Å²) in [5.41, 5.74) is 1.45. The molecule has 19 heavy (non-hydrogen) atoms. The Bertz CT molecular complexity index is 537. The van der Waals surface area contributed by atoms with Gasteiger partial charge in [0.25, 0.3) is 0 Å². The number of nitrogens with one attached hydrogen (secondary N) is 1. The summed E-state index contributed by atoms with van der Waals surface area (Å²) in [5, 5.41) is 3.56. The molecule has 1 aromatic heterocycles. The quantitative estimate of drug-likeness (QED) is 0.878. The fourth-order valence-corrected chi connectivity index (χ4v) is 3.16. The lowest BCUT2D eigenvalue weighted by Crippen LogP contribution is -2.22. The fraction of sp³-hybridized carbons (Fsp3) is 0.375. The van der Waals surface area contributed by atoms with Gasteiger partial charge in [0, 0.05) is 0 Å². The van der Waals surface area contributed by atoms with Crippen molar-refractivity contribution in [2.75, 3.05) is 6.54 Å². The maximum Gasteiger partial charge on any atom is 0.169 e. The Morgan fingerprint density at radius 3 is 2.68 bits per heavy atom. The molecule has 1 saturated carbocycles. The summed E-state index contributed by atoms with van der Waals surface area (Å²) in [4.78, 5) is 0. The third-order valence-electron chi connectivity index (χ3n) is 3.82. The zero-order valence-electron chi connectivity index (χ0n) is 11.0. The number of hydrogen-bond donors (Lipinski definition) is 1. The molecule has 100 valence electrons. The number of furan rings is 1. The molecule has 2 aromatic rings. The molecule has 0 aliphatic heterocycles. The first-order valence-corrected chi connectivity index (χ1v) is 7.62. The zero-order chi connectivity index (χ0) is 13.2. The van der Waals surface area contributed by atoms with Gasteiger partial charge in [0.1, 0.15) is 5.76 Å². The maximum atomic E-state index is 5.74. The summed E-state index contributed by atoms with van der Waals surface area (Å²) in [7, 11) is 0. The van der Waals surface area contributed by atoms with Crippen LogP contribution in [0.4, 0.5) is 0 Å². The van der Waals surface area contributed by atoms with Crippen LogP contribution in [0.3, 0.4) is 0 Å². The normalized spacial score (nSPS) is 23.3. The maximum absolute atomic E-state index is 5.74. The Hall–Kier alpha value is -1.06. The van der Waals surface area contributed by atoms with Gasteiger partial charge in [-0.3, -0.25) is 0 Å². The van der Waals surface area contributed by atoms with E-state index < -0.39 is 0 Å². The molecular weight excluding hydrogens is 302 g/mol. The van der Waals surface area contributed by atoms with Crippen LogP contribution in [0.1, 0.15) is 36.6 Å². The van der Waals surface area contributed by atoms with Gasteiger partial charge >= 0.3 is 0 Å². The average molecular weight is 320 g/mol. The Kier molecular flexibility index (Phi) is 3.76. The Labute approximate surface area is 122 Å². The third-order valence-corrected chi connectivity index (χ3v) is 4.25. The van der Waals surface area contributed by atoms with Gasteiger partial charge < -0.3 is 9.73 Å². The molecule has 0 spiro atoms. The Morgan fingerprint density at radius 2 is 2.05 bits per heavy atom. The molecule has 3 atom stereocenters. The first-order chi connectivity index (χ1) is 9.29. The van der Waals surface area contributed by atoms with Gasteiger partial charge in [-0.25, -0.2) is 0 Å². The minimum absolute atomic E-state index is 0.321. The van der Waals surface area contributed by atoms with E-state index in [2.05, 4.69) is 64.6 Å². The van der Waals surface area contributed by atoms with Crippen molar-refractivity contribution in [3.63, 3.8) is 0 Å². The van der Waals surface area contributed by atoms with Crippen LogP contribution in [-0.2, 0) is 0 Å². The SMILES string of the molecule is CCNC(c1ccc(Br)o1)C1CC1c1ccccc1. The second kappa shape index (κ2) is 5.51. The van der Waals surface area contributed by atoms with E-state index in [1.54, 1.807) is 0 Å². The van der Waals surface area contributed by atoms with Crippen molar-refractivity contribution in [3.8, 4) is 0 Å². The highest BCUT2D eigenvalue weighted by Crippen LogP contribution is 2.54. The highest BCUT2D eigenvalue weighted by atomic mass is 79.9. The summed E-state index contributed by atoms with van der Waals surface area (Å²) in [6.45, 7) is 3.10. The number of rotatable bonds is 5. The van der Waals surface area contributed by atoms with Crippen molar-refractivity contribution in [1.82, 2.24) is 5.32 Å². The van der Waals surface area contributed by atoms with Crippen LogP contribution in [0, 0.1) is 5.92 Å². The lowest BCUT2D eigenvalue weighted by atomic mass is 10.0. The van der Waals surface area contributed by atoms with E-state index in [0.29, 0.717) is 17.9 Å². The molecule has 1 heterocycles. The summed E-state index contributed by atoms with van der Waals surface area (Å²) >= 11 is 3.39. The zero-order valence-corrected chi connectivity index (χ0v) is 12.6. The summed E-state index contributed by atoms with van der Waals surface area (Å²) in [5.74, 6) is 2.34. The molecule has 3 heteroatoms. The van der Waals surface area contributed by atoms with Crippen LogP contribution in [-0.4, -0.2) is 6.54 Å². The van der Waals surface area contributed by atoms with Crippen molar-refractivity contribution in [2.24, 2.45) is 5.92 Å². The van der Waals surface area contributed by atoms with Crippen molar-refractivity contribution < 1.29 is 4.42 Å². The predicted octanol–water partition coefficient (Wildman–Crippen LogP) is 4.50. The van der Waals surface area contributed by atoms with Crippen LogP contribution in [0.5, 0.6) is 0 Å². The van der Waals surface area contributed by atoms with Gasteiger partial charge in [0.05, 0.1) is 6.04 Å². The molecule has 3 rings (SSSR count). The number of halogens is 1. The van der Waals surface area contributed by atoms with E-state index in [1.807, 2.05) is 6.07 Å². The molecule has 1 aliphatic rings. The molecule has 0 radical (unpaired) electrons. The molecule has 3 unspecified atom stereocenters. The van der Waals surface area contributed by atoms with Gasteiger partial charge in [-0.1, -0.05) is 37.3 Å². The topological polar surface area (TPSA) is 25.2 Å². The van der Waals surface area contributed by atoms with E-state index >= 15 is 0 Å². The molecule has 2 nitrogen and oxygen atoms in total. The fourth-order valence-electron chi connectivity index (χ4n) is 2.84. The Morgan fingerprint density at radius 1 is 1.26 bits per heavy atom. The van der Waals surface area contributed by atoms with Gasteiger partial charge in [-0.05, 0) is 58.4 Å². The molecule has 0 saturated heterocycles. The number of hydrogen-bond acceptors (Lipinski definition) is 2.